The third kappa shape index (κ3) is 1.93. The van der Waals surface area contributed by atoms with E-state index in [9.17, 15) is 4.79 Å². The molecule has 0 aromatic rings. The van der Waals surface area contributed by atoms with Crippen LogP contribution in [0.15, 0.2) is 11.6 Å². The Labute approximate surface area is 100 Å². The highest BCUT2D eigenvalue weighted by Gasteiger charge is 2.50. The Morgan fingerprint density at radius 2 is 2.13 bits per heavy atom. The summed E-state index contributed by atoms with van der Waals surface area (Å²) >= 11 is 3.72. The first-order chi connectivity index (χ1) is 6.83. The van der Waals surface area contributed by atoms with Crippen molar-refractivity contribution in [3.05, 3.63) is 11.6 Å². The molecule has 2 atom stereocenters. The van der Waals surface area contributed by atoms with Crippen molar-refractivity contribution in [2.24, 2.45) is 11.3 Å². The van der Waals surface area contributed by atoms with Gasteiger partial charge >= 0.3 is 0 Å². The maximum atomic E-state index is 12.2. The van der Waals surface area contributed by atoms with E-state index in [1.807, 2.05) is 0 Å². The van der Waals surface area contributed by atoms with Crippen molar-refractivity contribution in [2.45, 2.75) is 50.8 Å². The Morgan fingerprint density at radius 3 is 2.80 bits per heavy atom. The first kappa shape index (κ1) is 11.4. The van der Waals surface area contributed by atoms with Gasteiger partial charge in [0.05, 0.1) is 4.32 Å². The maximum absolute atomic E-state index is 12.2. The molecular weight excluding hydrogens is 252 g/mol. The van der Waals surface area contributed by atoms with Crippen molar-refractivity contribution in [2.75, 3.05) is 0 Å². The normalized spacial score (nSPS) is 39.6. The van der Waals surface area contributed by atoms with Crippen LogP contribution in [0.2, 0.25) is 0 Å². The second-order valence-electron chi connectivity index (χ2n) is 5.99. The summed E-state index contributed by atoms with van der Waals surface area (Å²) in [5.74, 6) is 0.909. The fraction of sp³-hybridized carbons (Fsp3) is 0.769. The minimum atomic E-state index is -0.234. The van der Waals surface area contributed by atoms with E-state index in [0.29, 0.717) is 11.7 Å². The lowest BCUT2D eigenvalue weighted by Gasteiger charge is -2.47. The second-order valence-corrected chi connectivity index (χ2v) is 7.40. The molecule has 2 heteroatoms. The largest absolute Gasteiger partial charge is 0.298 e. The Bertz CT molecular complexity index is 329. The van der Waals surface area contributed by atoms with Crippen LogP contribution in [0.4, 0.5) is 0 Å². The predicted octanol–water partition coefficient (Wildman–Crippen LogP) is 3.87. The van der Waals surface area contributed by atoms with Gasteiger partial charge in [-0.25, -0.2) is 0 Å². The first-order valence-electron chi connectivity index (χ1n) is 5.71. The van der Waals surface area contributed by atoms with Gasteiger partial charge in [-0.3, -0.25) is 4.79 Å². The van der Waals surface area contributed by atoms with Crippen molar-refractivity contribution in [1.29, 1.82) is 0 Å². The number of rotatable bonds is 0. The molecule has 0 aliphatic heterocycles. The maximum Gasteiger partial charge on any atom is 0.150 e. The Hall–Kier alpha value is -0.110. The number of carbonyl (C=O) groups excluding carboxylic acids is 1. The van der Waals surface area contributed by atoms with Gasteiger partial charge in [-0.1, -0.05) is 41.4 Å². The Kier molecular flexibility index (Phi) is 2.61. The van der Waals surface area contributed by atoms with Crippen LogP contribution in [-0.4, -0.2) is 10.1 Å². The van der Waals surface area contributed by atoms with Crippen LogP contribution >= 0.6 is 15.9 Å². The third-order valence-electron chi connectivity index (χ3n) is 3.86. The second kappa shape index (κ2) is 3.44. The zero-order chi connectivity index (χ0) is 11.3. The summed E-state index contributed by atoms with van der Waals surface area (Å²) in [5, 5.41) is 0. The van der Waals surface area contributed by atoms with E-state index in [2.05, 4.69) is 42.8 Å². The molecule has 2 rings (SSSR count). The molecule has 0 heterocycles. The molecule has 15 heavy (non-hydrogen) atoms. The summed E-state index contributed by atoms with van der Waals surface area (Å²) in [6, 6.07) is 0. The van der Waals surface area contributed by atoms with Crippen LogP contribution in [-0.2, 0) is 4.79 Å². The van der Waals surface area contributed by atoms with Crippen molar-refractivity contribution in [3.63, 3.8) is 0 Å². The summed E-state index contributed by atoms with van der Waals surface area (Å²) in [5.41, 5.74) is 1.64. The molecule has 1 saturated carbocycles. The van der Waals surface area contributed by atoms with Crippen LogP contribution in [0.5, 0.6) is 0 Å². The number of ketones is 1. The molecule has 0 N–H and O–H groups in total. The van der Waals surface area contributed by atoms with Gasteiger partial charge in [0.2, 0.25) is 0 Å². The molecule has 0 bridgehead atoms. The molecular formula is C13H19BrO. The Balaban J connectivity index is 2.31. The van der Waals surface area contributed by atoms with Gasteiger partial charge in [-0.2, -0.15) is 0 Å². The fourth-order valence-electron chi connectivity index (χ4n) is 3.02. The summed E-state index contributed by atoms with van der Waals surface area (Å²) in [6.45, 7) is 6.61. The van der Waals surface area contributed by atoms with Gasteiger partial charge in [0.25, 0.3) is 0 Å². The molecule has 2 aliphatic rings. The number of alkyl halides is 1. The molecule has 2 aliphatic carbocycles. The quantitative estimate of drug-likeness (QED) is 0.483. The summed E-state index contributed by atoms with van der Waals surface area (Å²) in [6.07, 6.45) is 6.08. The van der Waals surface area contributed by atoms with Crippen molar-refractivity contribution < 1.29 is 4.79 Å². The standard InChI is InChI=1S/C13H19BrO/c1-9-4-5-13(14)10(6-9)7-12(2,3)8-11(13)15/h4,10H,5-8H2,1-3H3/t10?,13-/m1/s1. The van der Waals surface area contributed by atoms with Gasteiger partial charge in [0.15, 0.2) is 5.78 Å². The van der Waals surface area contributed by atoms with Crippen LogP contribution in [0.3, 0.4) is 0 Å². The zero-order valence-corrected chi connectivity index (χ0v) is 11.4. The van der Waals surface area contributed by atoms with E-state index >= 15 is 0 Å². The highest BCUT2D eigenvalue weighted by atomic mass is 79.9. The number of carbonyl (C=O) groups is 1. The van der Waals surface area contributed by atoms with E-state index in [-0.39, 0.29) is 9.74 Å². The minimum Gasteiger partial charge on any atom is -0.298 e. The lowest BCUT2D eigenvalue weighted by molar-refractivity contribution is -0.128. The predicted molar refractivity (Wildman–Crippen MR) is 66.2 cm³/mol. The summed E-state index contributed by atoms with van der Waals surface area (Å²) < 4.78 is -0.234. The molecule has 1 unspecified atom stereocenters. The number of hydrogen-bond donors (Lipinski definition) is 0. The average molecular weight is 271 g/mol. The molecule has 0 radical (unpaired) electrons. The fourth-order valence-corrected chi connectivity index (χ4v) is 3.65. The molecule has 0 spiro atoms. The third-order valence-corrected chi connectivity index (χ3v) is 5.28. The van der Waals surface area contributed by atoms with Gasteiger partial charge in [-0.15, -0.1) is 0 Å². The minimum absolute atomic E-state index is 0.191. The van der Waals surface area contributed by atoms with Crippen LogP contribution in [0.1, 0.15) is 46.5 Å². The smallest absolute Gasteiger partial charge is 0.150 e. The van der Waals surface area contributed by atoms with Gasteiger partial charge < -0.3 is 0 Å². The lowest BCUT2D eigenvalue weighted by atomic mass is 9.62. The van der Waals surface area contributed by atoms with E-state index in [0.717, 1.165) is 25.7 Å². The summed E-state index contributed by atoms with van der Waals surface area (Å²) in [4.78, 5) is 12.2. The topological polar surface area (TPSA) is 17.1 Å². The Morgan fingerprint density at radius 1 is 1.47 bits per heavy atom. The van der Waals surface area contributed by atoms with Gasteiger partial charge in [-0.05, 0) is 37.5 Å². The van der Waals surface area contributed by atoms with E-state index < -0.39 is 0 Å². The number of allylic oxidation sites excluding steroid dienone is 2. The zero-order valence-electron chi connectivity index (χ0n) is 9.77. The molecule has 0 saturated heterocycles. The number of halogens is 1. The van der Waals surface area contributed by atoms with Crippen LogP contribution in [0.25, 0.3) is 0 Å². The van der Waals surface area contributed by atoms with E-state index in [1.165, 1.54) is 5.57 Å². The van der Waals surface area contributed by atoms with E-state index in [1.54, 1.807) is 0 Å². The molecule has 0 amide bonds. The van der Waals surface area contributed by atoms with E-state index in [4.69, 9.17) is 0 Å². The van der Waals surface area contributed by atoms with Gasteiger partial charge in [0.1, 0.15) is 0 Å². The first-order valence-corrected chi connectivity index (χ1v) is 6.51. The van der Waals surface area contributed by atoms with Crippen LogP contribution < -0.4 is 0 Å². The molecule has 84 valence electrons. The van der Waals surface area contributed by atoms with Gasteiger partial charge in [0, 0.05) is 6.42 Å². The van der Waals surface area contributed by atoms with Crippen molar-refractivity contribution >= 4 is 21.7 Å². The molecule has 0 aromatic heterocycles. The van der Waals surface area contributed by atoms with Crippen LogP contribution in [0, 0.1) is 11.3 Å². The average Bonchev–Trinajstić information content (AvgIpc) is 2.08. The van der Waals surface area contributed by atoms with Crippen molar-refractivity contribution in [3.8, 4) is 0 Å². The molecule has 1 nitrogen and oxygen atoms in total. The lowest BCUT2D eigenvalue weighted by Crippen LogP contribution is -2.49. The molecule has 1 fully saturated rings. The SMILES string of the molecule is CC1=CC[C@]2(Br)C(=O)CC(C)(C)CC2C1. The number of hydrogen-bond acceptors (Lipinski definition) is 1. The number of Topliss-reactive ketones (excluding diaryl/α,β-unsaturated/α-hetero) is 1. The highest BCUT2D eigenvalue weighted by molar-refractivity contribution is 9.10. The van der Waals surface area contributed by atoms with Crippen molar-refractivity contribution in [1.82, 2.24) is 0 Å². The number of fused-ring (bicyclic) bond motifs is 1. The monoisotopic (exact) mass is 270 g/mol. The summed E-state index contributed by atoms with van der Waals surface area (Å²) in [7, 11) is 0. The highest BCUT2D eigenvalue weighted by Crippen LogP contribution is 2.52. The molecule has 0 aromatic carbocycles.